The van der Waals surface area contributed by atoms with E-state index < -0.39 is 8.01 Å². The van der Waals surface area contributed by atoms with Crippen molar-refractivity contribution in [2.75, 3.05) is 7.11 Å². The highest BCUT2D eigenvalue weighted by molar-refractivity contribution is 7.45. The SMILES string of the molecule is COc1ccccc1-p1oc2c(C(C)(C)C)cc(C(C)(C)C)cc2c2cc(C(C)(C)C)cc(C(C)(C)C)c2o1. The summed E-state index contributed by atoms with van der Waals surface area (Å²) in [5.41, 5.74) is 6.50. The second-order valence-corrected chi connectivity index (χ2v) is 16.3. The molecule has 0 saturated heterocycles. The minimum absolute atomic E-state index is 0.0236. The first-order valence-electron chi connectivity index (χ1n) is 14.0. The zero-order chi connectivity index (χ0) is 29.1. The van der Waals surface area contributed by atoms with Crippen molar-refractivity contribution in [1.29, 1.82) is 0 Å². The van der Waals surface area contributed by atoms with E-state index in [1.165, 1.54) is 22.3 Å². The minimum Gasteiger partial charge on any atom is -0.496 e. The van der Waals surface area contributed by atoms with Crippen molar-refractivity contribution in [1.82, 2.24) is 0 Å². The topological polar surface area (TPSA) is 35.5 Å². The van der Waals surface area contributed by atoms with E-state index in [1.807, 2.05) is 18.2 Å². The average Bonchev–Trinajstić information content (AvgIpc) is 2.97. The van der Waals surface area contributed by atoms with Crippen LogP contribution in [0.1, 0.15) is 105 Å². The zero-order valence-electron chi connectivity index (χ0n) is 26.3. The normalized spacial score (nSPS) is 13.3. The van der Waals surface area contributed by atoms with E-state index in [0.717, 1.165) is 33.0 Å². The van der Waals surface area contributed by atoms with Crippen LogP contribution in [0.5, 0.6) is 5.75 Å². The monoisotopic (exact) mass is 546 g/mol. The van der Waals surface area contributed by atoms with Crippen molar-refractivity contribution in [3.05, 3.63) is 70.8 Å². The third kappa shape index (κ3) is 5.80. The summed E-state index contributed by atoms with van der Waals surface area (Å²) < 4.78 is 19.9. The number of para-hydroxylation sites is 1. The molecule has 39 heavy (non-hydrogen) atoms. The van der Waals surface area contributed by atoms with Gasteiger partial charge >= 0.3 is 0 Å². The van der Waals surface area contributed by atoms with Gasteiger partial charge in [0.15, 0.2) is 0 Å². The summed E-state index contributed by atoms with van der Waals surface area (Å²) in [5, 5.41) is 3.16. The maximum Gasteiger partial charge on any atom is 0.256 e. The second kappa shape index (κ2) is 9.77. The molecular formula is C35H47O3P. The first kappa shape index (κ1) is 29.3. The molecule has 0 unspecified atom stereocenters. The summed E-state index contributed by atoms with van der Waals surface area (Å²) in [5.74, 6) is 0.779. The molecule has 0 aliphatic heterocycles. The molecule has 0 amide bonds. The number of benzene rings is 3. The van der Waals surface area contributed by atoms with E-state index in [0.29, 0.717) is 0 Å². The van der Waals surface area contributed by atoms with Gasteiger partial charge in [-0.15, -0.1) is 0 Å². The van der Waals surface area contributed by atoms with E-state index in [9.17, 15) is 0 Å². The third-order valence-corrected chi connectivity index (χ3v) is 8.91. The van der Waals surface area contributed by atoms with Gasteiger partial charge in [-0.05, 0) is 57.1 Å². The van der Waals surface area contributed by atoms with Crippen LogP contribution in [-0.2, 0) is 21.7 Å². The van der Waals surface area contributed by atoms with Gasteiger partial charge in [-0.1, -0.05) is 107 Å². The van der Waals surface area contributed by atoms with Crippen LogP contribution in [0.15, 0.2) is 56.9 Å². The van der Waals surface area contributed by atoms with Crippen LogP contribution in [0.4, 0.5) is 0 Å². The summed E-state index contributed by atoms with van der Waals surface area (Å²) in [6, 6.07) is 17.4. The van der Waals surface area contributed by atoms with E-state index in [1.54, 1.807) is 7.11 Å². The Kier molecular flexibility index (Phi) is 7.35. The van der Waals surface area contributed by atoms with Gasteiger partial charge in [0.25, 0.3) is 8.01 Å². The molecule has 0 bridgehead atoms. The van der Waals surface area contributed by atoms with Crippen LogP contribution >= 0.6 is 8.01 Å². The molecule has 4 rings (SSSR count). The Bertz CT molecular complexity index is 1470. The molecule has 0 N–H and O–H groups in total. The molecule has 0 aliphatic rings. The Hall–Kier alpha value is -2.64. The molecule has 1 heterocycles. The highest BCUT2D eigenvalue weighted by atomic mass is 31.1. The average molecular weight is 547 g/mol. The fourth-order valence-corrected chi connectivity index (χ4v) is 6.41. The van der Waals surface area contributed by atoms with Crippen molar-refractivity contribution >= 4 is 30.0 Å². The molecule has 3 nitrogen and oxygen atoms in total. The quantitative estimate of drug-likeness (QED) is 0.251. The van der Waals surface area contributed by atoms with Gasteiger partial charge in [-0.3, -0.25) is 0 Å². The molecule has 3 aromatic carbocycles. The predicted octanol–water partition coefficient (Wildman–Crippen LogP) is 11.5. The van der Waals surface area contributed by atoms with E-state index in [-0.39, 0.29) is 21.7 Å². The fourth-order valence-electron chi connectivity index (χ4n) is 4.90. The molecule has 0 atom stereocenters. The Morgan fingerprint density at radius 2 is 0.974 bits per heavy atom. The van der Waals surface area contributed by atoms with Crippen molar-refractivity contribution in [3.8, 4) is 11.1 Å². The molecule has 4 aromatic rings. The maximum absolute atomic E-state index is 7.05. The molecule has 0 spiro atoms. The molecular weight excluding hydrogens is 499 g/mol. The fraction of sp³-hybridized carbons (Fsp3) is 0.486. The van der Waals surface area contributed by atoms with E-state index in [4.69, 9.17) is 13.1 Å². The lowest BCUT2D eigenvalue weighted by Gasteiger charge is -2.27. The molecule has 0 saturated carbocycles. The summed E-state index contributed by atoms with van der Waals surface area (Å²) in [6.07, 6.45) is 0. The minimum atomic E-state index is -1.52. The lowest BCUT2D eigenvalue weighted by atomic mass is 9.77. The van der Waals surface area contributed by atoms with Crippen LogP contribution in [0.25, 0.3) is 27.2 Å². The largest absolute Gasteiger partial charge is 0.496 e. The molecule has 210 valence electrons. The Labute approximate surface area is 236 Å². The number of fused-ring (bicyclic) bond motifs is 3. The lowest BCUT2D eigenvalue weighted by Crippen LogP contribution is -2.17. The summed E-state index contributed by atoms with van der Waals surface area (Å²) >= 11 is 0. The standard InChI is InChI=1S/C35H47O3P/c1-32(2,3)22-18-24-25-19-23(33(4,5)6)21-27(35(10,11)12)31(25)38-39(29-17-15-14-16-28(29)36-13)37-30(24)26(20-22)34(7,8)9/h14-21H,1-13H3. The number of ether oxygens (including phenoxy) is 1. The zero-order valence-corrected chi connectivity index (χ0v) is 27.2. The van der Waals surface area contributed by atoms with Gasteiger partial charge in [0.1, 0.15) is 22.2 Å². The Morgan fingerprint density at radius 3 is 1.33 bits per heavy atom. The van der Waals surface area contributed by atoms with Crippen molar-refractivity contribution in [2.24, 2.45) is 0 Å². The Morgan fingerprint density at radius 1 is 0.564 bits per heavy atom. The molecule has 0 aliphatic carbocycles. The van der Waals surface area contributed by atoms with Crippen LogP contribution in [0.3, 0.4) is 0 Å². The highest BCUT2D eigenvalue weighted by Crippen LogP contribution is 2.51. The van der Waals surface area contributed by atoms with Crippen LogP contribution in [0.2, 0.25) is 0 Å². The van der Waals surface area contributed by atoms with Crippen LogP contribution in [0, 0.1) is 0 Å². The number of rotatable bonds is 2. The molecule has 4 heteroatoms. The highest BCUT2D eigenvalue weighted by Gasteiger charge is 2.29. The van der Waals surface area contributed by atoms with Crippen molar-refractivity contribution in [2.45, 2.75) is 105 Å². The summed E-state index contributed by atoms with van der Waals surface area (Å²) in [6.45, 7) is 27.3. The van der Waals surface area contributed by atoms with Crippen molar-refractivity contribution in [3.63, 3.8) is 0 Å². The third-order valence-electron chi connectivity index (χ3n) is 7.45. The number of hydrogen-bond donors (Lipinski definition) is 0. The van der Waals surface area contributed by atoms with Gasteiger partial charge in [0.05, 0.1) is 7.11 Å². The molecule has 1 aromatic heterocycles. The van der Waals surface area contributed by atoms with Gasteiger partial charge < -0.3 is 13.1 Å². The van der Waals surface area contributed by atoms with E-state index in [2.05, 4.69) is 113 Å². The van der Waals surface area contributed by atoms with Crippen molar-refractivity contribution < 1.29 is 13.1 Å². The number of methoxy groups -OCH3 is 1. The predicted molar refractivity (Wildman–Crippen MR) is 169 cm³/mol. The van der Waals surface area contributed by atoms with Gasteiger partial charge in [0.2, 0.25) is 0 Å². The van der Waals surface area contributed by atoms with Gasteiger partial charge in [-0.2, -0.15) is 0 Å². The number of hydrogen-bond acceptors (Lipinski definition) is 3. The van der Waals surface area contributed by atoms with Crippen LogP contribution in [-0.4, -0.2) is 7.11 Å². The summed E-state index contributed by atoms with van der Waals surface area (Å²) in [4.78, 5) is 0. The molecule has 0 fully saturated rings. The molecule has 0 radical (unpaired) electrons. The second-order valence-electron chi connectivity index (χ2n) is 14.9. The van der Waals surface area contributed by atoms with Gasteiger partial charge in [-0.25, -0.2) is 0 Å². The van der Waals surface area contributed by atoms with Gasteiger partial charge in [0, 0.05) is 21.9 Å². The first-order valence-corrected chi connectivity index (χ1v) is 15.2. The maximum atomic E-state index is 7.05. The van der Waals surface area contributed by atoms with Crippen LogP contribution < -0.4 is 4.74 Å². The first-order chi connectivity index (χ1) is 17.8. The Balaban J connectivity index is 2.41. The lowest BCUT2D eigenvalue weighted by molar-refractivity contribution is 0.417. The smallest absolute Gasteiger partial charge is 0.256 e. The van der Waals surface area contributed by atoms with E-state index >= 15 is 0 Å². The summed E-state index contributed by atoms with van der Waals surface area (Å²) in [7, 11) is 0.188.